The minimum absolute atomic E-state index is 0.117. The third-order valence-corrected chi connectivity index (χ3v) is 6.27. The van der Waals surface area contributed by atoms with E-state index in [-0.39, 0.29) is 17.9 Å². The molecule has 122 valence electrons. The van der Waals surface area contributed by atoms with E-state index in [2.05, 4.69) is 13.5 Å². The van der Waals surface area contributed by atoms with Crippen LogP contribution >= 0.6 is 23.5 Å². The number of carbonyl (C=O) groups is 2. The lowest BCUT2D eigenvalue weighted by Crippen LogP contribution is -2.60. The highest BCUT2D eigenvalue weighted by atomic mass is 32.2. The van der Waals surface area contributed by atoms with Crippen molar-refractivity contribution in [3.63, 3.8) is 0 Å². The molecule has 7 heteroatoms. The number of nitrogens with zero attached hydrogens (tertiary/aromatic N) is 1. The Bertz CT molecular complexity index is 504. The first-order valence-corrected chi connectivity index (χ1v) is 9.22. The maximum Gasteiger partial charge on any atom is 0.357 e. The van der Waals surface area contributed by atoms with Crippen LogP contribution < -0.4 is 0 Å². The van der Waals surface area contributed by atoms with Gasteiger partial charge in [-0.3, -0.25) is 9.69 Å². The predicted molar refractivity (Wildman–Crippen MR) is 88.9 cm³/mol. The number of carbonyl (C=O) groups excluding carboxylic acids is 2. The summed E-state index contributed by atoms with van der Waals surface area (Å²) in [7, 11) is 0. The van der Waals surface area contributed by atoms with Gasteiger partial charge < -0.3 is 9.84 Å². The Morgan fingerprint density at radius 3 is 2.95 bits per heavy atom. The Labute approximate surface area is 139 Å². The van der Waals surface area contributed by atoms with E-state index in [0.717, 1.165) is 22.8 Å². The van der Waals surface area contributed by atoms with Crippen molar-refractivity contribution in [3.8, 4) is 0 Å². The van der Waals surface area contributed by atoms with Crippen LogP contribution in [-0.2, 0) is 14.3 Å². The summed E-state index contributed by atoms with van der Waals surface area (Å²) >= 11 is 3.06. The van der Waals surface area contributed by atoms with E-state index in [1.807, 2.05) is 0 Å². The van der Waals surface area contributed by atoms with Crippen molar-refractivity contribution < 1.29 is 19.4 Å². The van der Waals surface area contributed by atoms with Gasteiger partial charge in [-0.1, -0.05) is 37.8 Å². The highest BCUT2D eigenvalue weighted by Gasteiger charge is 2.57. The summed E-state index contributed by atoms with van der Waals surface area (Å²) < 4.78 is 5.93. The fourth-order valence-electron chi connectivity index (χ4n) is 2.35. The minimum Gasteiger partial charge on any atom is -0.457 e. The maximum absolute atomic E-state index is 12.2. The number of β-lactam (4-membered cyclic amide) rings is 1. The van der Waals surface area contributed by atoms with Crippen molar-refractivity contribution in [2.45, 2.75) is 38.2 Å². The van der Waals surface area contributed by atoms with Gasteiger partial charge in [0.1, 0.15) is 12.0 Å². The first-order chi connectivity index (χ1) is 10.5. The zero-order chi connectivity index (χ0) is 16.3. The molecule has 22 heavy (non-hydrogen) atoms. The Hall–Kier alpha value is -0.920. The third-order valence-electron chi connectivity index (χ3n) is 3.52. The molecule has 1 fully saturated rings. The first-order valence-electron chi connectivity index (χ1n) is 7.35. The second-order valence-corrected chi connectivity index (χ2v) is 7.70. The van der Waals surface area contributed by atoms with Crippen LogP contribution in [0.4, 0.5) is 0 Å². The van der Waals surface area contributed by atoms with Crippen LogP contribution in [0.2, 0.25) is 0 Å². The highest BCUT2D eigenvalue weighted by Crippen LogP contribution is 2.54. The molecule has 3 atom stereocenters. The van der Waals surface area contributed by atoms with Gasteiger partial charge in [-0.05, 0) is 19.1 Å². The molecule has 2 aliphatic heterocycles. The largest absolute Gasteiger partial charge is 0.457 e. The van der Waals surface area contributed by atoms with Gasteiger partial charge >= 0.3 is 5.97 Å². The molecule has 0 aromatic carbocycles. The van der Waals surface area contributed by atoms with Crippen molar-refractivity contribution in [2.24, 2.45) is 5.92 Å². The molecule has 0 radical (unpaired) electrons. The number of fused-ring (bicyclic) bond motifs is 1. The van der Waals surface area contributed by atoms with Crippen LogP contribution in [0.5, 0.6) is 0 Å². The fourth-order valence-corrected chi connectivity index (χ4v) is 5.43. The summed E-state index contributed by atoms with van der Waals surface area (Å²) in [6.45, 7) is 7.35. The Kier molecular flexibility index (Phi) is 6.00. The van der Waals surface area contributed by atoms with Crippen LogP contribution in [0.3, 0.4) is 0 Å². The van der Waals surface area contributed by atoms with Crippen molar-refractivity contribution in [1.82, 2.24) is 4.90 Å². The zero-order valence-corrected chi connectivity index (χ0v) is 14.4. The zero-order valence-electron chi connectivity index (χ0n) is 12.8. The number of thioether (sulfide) groups is 2. The summed E-state index contributed by atoms with van der Waals surface area (Å²) in [6.07, 6.45) is 2.90. The lowest BCUT2D eigenvalue weighted by molar-refractivity contribution is -0.157. The minimum atomic E-state index is -0.716. The van der Waals surface area contributed by atoms with E-state index < -0.39 is 18.0 Å². The molecule has 2 heterocycles. The Morgan fingerprint density at radius 2 is 2.36 bits per heavy atom. The lowest BCUT2D eigenvalue weighted by atomic mass is 9.92. The highest BCUT2D eigenvalue weighted by molar-refractivity contribution is 8.22. The monoisotopic (exact) mass is 343 g/mol. The van der Waals surface area contributed by atoms with E-state index in [1.165, 1.54) is 22.7 Å². The molecule has 2 rings (SSSR count). The molecule has 0 aromatic rings. The Morgan fingerprint density at radius 1 is 1.64 bits per heavy atom. The number of hydrogen-bond donors (Lipinski definition) is 1. The summed E-state index contributed by atoms with van der Waals surface area (Å²) in [6, 6.07) is 0. The second kappa shape index (κ2) is 7.57. The molecule has 0 saturated carbocycles. The summed E-state index contributed by atoms with van der Waals surface area (Å²) in [5.41, 5.74) is 0.333. The van der Waals surface area contributed by atoms with Crippen LogP contribution in [-0.4, -0.2) is 45.7 Å². The number of unbranched alkanes of at least 4 members (excludes halogenated alkanes) is 1. The lowest BCUT2D eigenvalue weighted by Gasteiger charge is -2.43. The third kappa shape index (κ3) is 3.21. The summed E-state index contributed by atoms with van der Waals surface area (Å²) in [5, 5.41) is 9.55. The van der Waals surface area contributed by atoms with Crippen LogP contribution in [0.15, 0.2) is 22.6 Å². The second-order valence-electron chi connectivity index (χ2n) is 5.21. The van der Waals surface area contributed by atoms with Crippen LogP contribution in [0.1, 0.15) is 26.7 Å². The maximum atomic E-state index is 12.2. The van der Waals surface area contributed by atoms with Gasteiger partial charge in [0.2, 0.25) is 5.91 Å². The van der Waals surface area contributed by atoms with E-state index in [9.17, 15) is 14.7 Å². The van der Waals surface area contributed by atoms with E-state index >= 15 is 0 Å². The molecule has 5 nitrogen and oxygen atoms in total. The molecular formula is C15H21NO4S2. The number of hydrogen-bond acceptors (Lipinski definition) is 6. The number of amides is 1. The van der Waals surface area contributed by atoms with Crippen molar-refractivity contribution in [2.75, 3.05) is 12.4 Å². The van der Waals surface area contributed by atoms with Gasteiger partial charge in [-0.15, -0.1) is 11.8 Å². The smallest absolute Gasteiger partial charge is 0.357 e. The molecule has 1 N–H and O–H groups in total. The predicted octanol–water partition coefficient (Wildman–Crippen LogP) is 2.33. The standard InChI is InChI=1S/C15H21NO4S2/c1-4-6-8-21-15-11(14(19)20-7-5-2)16-12(18)10(9(3)17)13(16)22-15/h5,9-10,13,17H,2,4,6-8H2,1,3H3/t9?,10?,13-/m1/s1. The van der Waals surface area contributed by atoms with Crippen LogP contribution in [0.25, 0.3) is 0 Å². The number of esters is 1. The molecule has 1 amide bonds. The van der Waals surface area contributed by atoms with Crippen LogP contribution in [0, 0.1) is 5.92 Å². The molecule has 0 aliphatic carbocycles. The Balaban J connectivity index is 2.17. The van der Waals surface area contributed by atoms with E-state index in [1.54, 1.807) is 18.7 Å². The topological polar surface area (TPSA) is 66.8 Å². The first kappa shape index (κ1) is 17.4. The molecule has 2 unspecified atom stereocenters. The molecule has 0 aromatic heterocycles. The van der Waals surface area contributed by atoms with Crippen molar-refractivity contribution in [1.29, 1.82) is 0 Å². The average Bonchev–Trinajstić information content (AvgIpc) is 2.79. The number of aliphatic hydroxyl groups is 1. The average molecular weight is 343 g/mol. The van der Waals surface area contributed by atoms with E-state index in [0.29, 0.717) is 5.70 Å². The van der Waals surface area contributed by atoms with Gasteiger partial charge in [0.15, 0.2) is 5.70 Å². The fraction of sp³-hybridized carbons (Fsp3) is 0.600. The van der Waals surface area contributed by atoms with Crippen molar-refractivity contribution in [3.05, 3.63) is 22.6 Å². The number of aliphatic hydroxyl groups excluding tert-OH is 1. The molecular weight excluding hydrogens is 322 g/mol. The molecule has 1 saturated heterocycles. The van der Waals surface area contributed by atoms with Crippen molar-refractivity contribution >= 4 is 35.4 Å². The SMILES string of the molecule is C=CCOC(=O)C1=C(SCCCC)S[C@@H]2C(C(C)O)C(=O)N12. The van der Waals surface area contributed by atoms with Gasteiger partial charge in [-0.2, -0.15) is 0 Å². The molecule has 2 aliphatic rings. The molecule has 0 spiro atoms. The normalized spacial score (nSPS) is 24.9. The summed E-state index contributed by atoms with van der Waals surface area (Å²) in [4.78, 5) is 26.0. The molecule has 0 bridgehead atoms. The van der Waals surface area contributed by atoms with Gasteiger partial charge in [0.05, 0.1) is 16.3 Å². The van der Waals surface area contributed by atoms with E-state index in [4.69, 9.17) is 4.74 Å². The number of rotatable bonds is 8. The number of ether oxygens (including phenoxy) is 1. The quantitative estimate of drug-likeness (QED) is 0.316. The van der Waals surface area contributed by atoms with Gasteiger partial charge in [0.25, 0.3) is 0 Å². The van der Waals surface area contributed by atoms with Gasteiger partial charge in [-0.25, -0.2) is 4.79 Å². The van der Waals surface area contributed by atoms with Gasteiger partial charge in [0, 0.05) is 0 Å². The summed E-state index contributed by atoms with van der Waals surface area (Å²) in [5.74, 6) is -0.252.